The first-order valence-corrected chi connectivity index (χ1v) is 5.77. The Morgan fingerprint density at radius 1 is 1.69 bits per heavy atom. The van der Waals surface area contributed by atoms with Gasteiger partial charge in [-0.3, -0.25) is 0 Å². The molecule has 1 heterocycles. The number of rotatable bonds is 3. The van der Waals surface area contributed by atoms with Gasteiger partial charge in [0, 0.05) is 17.9 Å². The summed E-state index contributed by atoms with van der Waals surface area (Å²) in [5.41, 5.74) is 0. The predicted molar refractivity (Wildman–Crippen MR) is 55.8 cm³/mol. The first-order valence-electron chi connectivity index (χ1n) is 4.61. The summed E-state index contributed by atoms with van der Waals surface area (Å²) < 4.78 is 5.45. The zero-order valence-corrected chi connectivity index (χ0v) is 8.77. The lowest BCUT2D eigenvalue weighted by molar-refractivity contribution is -0.0239. The molecule has 0 aromatic carbocycles. The van der Waals surface area contributed by atoms with Gasteiger partial charge >= 0.3 is 0 Å². The van der Waals surface area contributed by atoms with Crippen molar-refractivity contribution in [3.8, 4) is 11.8 Å². The van der Waals surface area contributed by atoms with Crippen LogP contribution in [0.15, 0.2) is 0 Å². The van der Waals surface area contributed by atoms with Gasteiger partial charge in [-0.05, 0) is 13.3 Å². The minimum atomic E-state index is -0.339. The van der Waals surface area contributed by atoms with Crippen LogP contribution in [0.4, 0.5) is 0 Å². The second-order valence-electron chi connectivity index (χ2n) is 3.02. The molecule has 3 heteroatoms. The number of aliphatic hydroxyl groups excluding tert-OH is 1. The fraction of sp³-hybridized carbons (Fsp3) is 0.800. The summed E-state index contributed by atoms with van der Waals surface area (Å²) in [5, 5.41) is 9.69. The number of hydrogen-bond donors (Lipinski definition) is 1. The van der Waals surface area contributed by atoms with Gasteiger partial charge in [0.05, 0.1) is 18.8 Å². The Bertz CT molecular complexity index is 189. The van der Waals surface area contributed by atoms with E-state index in [1.54, 1.807) is 0 Å². The number of aliphatic hydroxyl groups is 1. The van der Waals surface area contributed by atoms with Crippen LogP contribution >= 0.6 is 11.8 Å². The molecule has 74 valence electrons. The summed E-state index contributed by atoms with van der Waals surface area (Å²) in [6.45, 7) is 2.59. The van der Waals surface area contributed by atoms with Crippen LogP contribution in [0, 0.1) is 11.8 Å². The van der Waals surface area contributed by atoms with Gasteiger partial charge in [-0.2, -0.15) is 11.8 Å². The predicted octanol–water partition coefficient (Wildman–Crippen LogP) is 1.28. The normalized spacial score (nSPS) is 24.6. The smallest absolute Gasteiger partial charge is 0.0924 e. The Morgan fingerprint density at radius 2 is 2.54 bits per heavy atom. The topological polar surface area (TPSA) is 29.5 Å². The summed E-state index contributed by atoms with van der Waals surface area (Å²) in [6, 6.07) is 0. The Hall–Kier alpha value is -0.170. The van der Waals surface area contributed by atoms with Gasteiger partial charge in [-0.15, -0.1) is 11.8 Å². The average Bonchev–Trinajstić information content (AvgIpc) is 2.19. The lowest BCUT2D eigenvalue weighted by atomic mass is 10.1. The molecule has 1 aliphatic rings. The van der Waals surface area contributed by atoms with Crippen molar-refractivity contribution in [2.45, 2.75) is 32.0 Å². The highest BCUT2D eigenvalue weighted by Gasteiger charge is 2.21. The monoisotopic (exact) mass is 200 g/mol. The maximum Gasteiger partial charge on any atom is 0.0924 e. The van der Waals surface area contributed by atoms with Crippen molar-refractivity contribution in [2.24, 2.45) is 0 Å². The Kier molecular flexibility index (Phi) is 5.29. The second-order valence-corrected chi connectivity index (χ2v) is 4.17. The van der Waals surface area contributed by atoms with Crippen LogP contribution in [0.1, 0.15) is 19.8 Å². The molecule has 2 unspecified atom stereocenters. The van der Waals surface area contributed by atoms with Gasteiger partial charge < -0.3 is 9.84 Å². The van der Waals surface area contributed by atoms with Crippen LogP contribution in [0.3, 0.4) is 0 Å². The molecule has 1 N–H and O–H groups in total. The molecule has 0 aromatic heterocycles. The maximum atomic E-state index is 9.69. The third-order valence-electron chi connectivity index (χ3n) is 2.01. The standard InChI is InChI=1S/C10H16O2S/c1-2-3-4-5-9(11)10-8-13-7-6-12-10/h9-11H,4-8H2,1H3. The van der Waals surface area contributed by atoms with E-state index < -0.39 is 0 Å². The van der Waals surface area contributed by atoms with E-state index >= 15 is 0 Å². The number of hydrogen-bond acceptors (Lipinski definition) is 3. The van der Waals surface area contributed by atoms with Crippen LogP contribution in [-0.2, 0) is 4.74 Å². The molecule has 2 nitrogen and oxygen atoms in total. The van der Waals surface area contributed by atoms with Crippen molar-refractivity contribution in [2.75, 3.05) is 18.1 Å². The lowest BCUT2D eigenvalue weighted by Gasteiger charge is -2.26. The molecule has 0 bridgehead atoms. The minimum absolute atomic E-state index is 0.0254. The van der Waals surface area contributed by atoms with Crippen molar-refractivity contribution in [1.82, 2.24) is 0 Å². The van der Waals surface area contributed by atoms with Crippen LogP contribution in [-0.4, -0.2) is 35.4 Å². The maximum absolute atomic E-state index is 9.69. The number of ether oxygens (including phenoxy) is 1. The fourth-order valence-electron chi connectivity index (χ4n) is 1.26. The molecule has 0 amide bonds. The van der Waals surface area contributed by atoms with Crippen LogP contribution < -0.4 is 0 Å². The fourth-order valence-corrected chi connectivity index (χ4v) is 2.19. The highest BCUT2D eigenvalue weighted by atomic mass is 32.2. The van der Waals surface area contributed by atoms with Crippen molar-refractivity contribution < 1.29 is 9.84 Å². The van der Waals surface area contributed by atoms with E-state index in [0.29, 0.717) is 0 Å². The van der Waals surface area contributed by atoms with E-state index in [-0.39, 0.29) is 12.2 Å². The van der Waals surface area contributed by atoms with E-state index in [4.69, 9.17) is 4.74 Å². The molecule has 2 atom stereocenters. The molecule has 0 radical (unpaired) electrons. The van der Waals surface area contributed by atoms with Gasteiger partial charge in [0.15, 0.2) is 0 Å². The molecule has 1 aliphatic heterocycles. The van der Waals surface area contributed by atoms with Crippen LogP contribution in [0.2, 0.25) is 0 Å². The zero-order chi connectivity index (χ0) is 9.52. The van der Waals surface area contributed by atoms with E-state index in [0.717, 1.165) is 31.0 Å². The van der Waals surface area contributed by atoms with Gasteiger partial charge in [0.1, 0.15) is 0 Å². The second kappa shape index (κ2) is 6.31. The largest absolute Gasteiger partial charge is 0.390 e. The molecule has 1 saturated heterocycles. The number of thioether (sulfide) groups is 1. The molecule has 1 fully saturated rings. The van der Waals surface area contributed by atoms with E-state index in [1.807, 2.05) is 18.7 Å². The molecule has 1 rings (SSSR count). The van der Waals surface area contributed by atoms with Crippen molar-refractivity contribution in [3.05, 3.63) is 0 Å². The summed E-state index contributed by atoms with van der Waals surface area (Å²) in [6.07, 6.45) is 1.18. The quantitative estimate of drug-likeness (QED) is 0.696. The molecule has 13 heavy (non-hydrogen) atoms. The van der Waals surface area contributed by atoms with Gasteiger partial charge in [-0.1, -0.05) is 0 Å². The van der Waals surface area contributed by atoms with Crippen LogP contribution in [0.25, 0.3) is 0 Å². The zero-order valence-electron chi connectivity index (χ0n) is 7.95. The summed E-state index contributed by atoms with van der Waals surface area (Å²) in [7, 11) is 0. The van der Waals surface area contributed by atoms with Crippen molar-refractivity contribution in [3.63, 3.8) is 0 Å². The molecule has 0 aliphatic carbocycles. The first-order chi connectivity index (χ1) is 6.34. The van der Waals surface area contributed by atoms with Crippen LogP contribution in [0.5, 0.6) is 0 Å². The molecule has 0 saturated carbocycles. The van der Waals surface area contributed by atoms with E-state index in [1.165, 1.54) is 0 Å². The SMILES string of the molecule is CC#CCCC(O)C1CSCCO1. The average molecular weight is 200 g/mol. The molecular weight excluding hydrogens is 184 g/mol. The molecule has 0 aromatic rings. The molecule has 0 spiro atoms. The summed E-state index contributed by atoms with van der Waals surface area (Å²) in [4.78, 5) is 0. The molecular formula is C10H16O2S. The van der Waals surface area contributed by atoms with Crippen molar-refractivity contribution >= 4 is 11.8 Å². The van der Waals surface area contributed by atoms with E-state index in [9.17, 15) is 5.11 Å². The lowest BCUT2D eigenvalue weighted by Crippen LogP contribution is -2.34. The third kappa shape index (κ3) is 4.04. The van der Waals surface area contributed by atoms with Crippen molar-refractivity contribution in [1.29, 1.82) is 0 Å². The van der Waals surface area contributed by atoms with E-state index in [2.05, 4.69) is 11.8 Å². The Morgan fingerprint density at radius 3 is 3.15 bits per heavy atom. The van der Waals surface area contributed by atoms with Gasteiger partial charge in [0.2, 0.25) is 0 Å². The summed E-state index contributed by atoms with van der Waals surface area (Å²) >= 11 is 1.85. The highest BCUT2D eigenvalue weighted by molar-refractivity contribution is 7.99. The highest BCUT2D eigenvalue weighted by Crippen LogP contribution is 2.17. The minimum Gasteiger partial charge on any atom is -0.390 e. The Balaban J connectivity index is 2.19. The van der Waals surface area contributed by atoms with Gasteiger partial charge in [-0.25, -0.2) is 0 Å². The third-order valence-corrected chi connectivity index (χ3v) is 3.03. The summed E-state index contributed by atoms with van der Waals surface area (Å²) in [5.74, 6) is 7.74. The Labute approximate surface area is 84.0 Å². The first kappa shape index (κ1) is 10.9. The van der Waals surface area contributed by atoms with Gasteiger partial charge in [0.25, 0.3) is 0 Å².